The van der Waals surface area contributed by atoms with E-state index >= 15 is 0 Å². The van der Waals surface area contributed by atoms with Crippen LogP contribution < -0.4 is 0 Å². The van der Waals surface area contributed by atoms with Crippen molar-refractivity contribution in [3.63, 3.8) is 0 Å². The number of aliphatic imine (C=N–C) groups is 1. The maximum absolute atomic E-state index is 4.25. The maximum atomic E-state index is 4.25. The number of nitrogens with zero attached hydrogens (tertiary/aromatic N) is 1. The molecule has 0 aliphatic heterocycles. The molecule has 0 amide bonds. The van der Waals surface area contributed by atoms with Crippen molar-refractivity contribution in [1.82, 2.24) is 0 Å². The van der Waals surface area contributed by atoms with Crippen LogP contribution >= 0.6 is 0 Å². The van der Waals surface area contributed by atoms with Crippen LogP contribution in [0.1, 0.15) is 27.7 Å². The molecule has 0 saturated heterocycles. The van der Waals surface area contributed by atoms with Crippen molar-refractivity contribution in [3.8, 4) is 0 Å². The van der Waals surface area contributed by atoms with Crippen molar-refractivity contribution in [2.24, 2.45) is 4.99 Å². The van der Waals surface area contributed by atoms with Crippen LogP contribution in [0.25, 0.3) is 0 Å². The lowest BCUT2D eigenvalue weighted by Gasteiger charge is -2.02. The second-order valence-corrected chi connectivity index (χ2v) is 3.33. The molecule has 0 rings (SSSR count). The predicted octanol–water partition coefficient (Wildman–Crippen LogP) is 4.06. The van der Waals surface area contributed by atoms with Crippen LogP contribution in [-0.4, -0.2) is 6.21 Å². The van der Waals surface area contributed by atoms with E-state index in [1.807, 2.05) is 13.0 Å². The summed E-state index contributed by atoms with van der Waals surface area (Å²) in [6, 6.07) is 0. The second-order valence-electron chi connectivity index (χ2n) is 3.33. The molecule has 0 aromatic carbocycles. The highest BCUT2D eigenvalue weighted by molar-refractivity contribution is 5.58. The molecule has 0 aliphatic carbocycles. The van der Waals surface area contributed by atoms with E-state index in [9.17, 15) is 0 Å². The van der Waals surface area contributed by atoms with E-state index in [4.69, 9.17) is 0 Å². The molecule has 0 fully saturated rings. The first kappa shape index (κ1) is 12.6. The molecule has 1 nitrogen and oxygen atoms in total. The first-order chi connectivity index (χ1) is 6.52. The summed E-state index contributed by atoms with van der Waals surface area (Å²) in [6.07, 6.45) is 5.51. The van der Waals surface area contributed by atoms with E-state index in [1.165, 1.54) is 11.1 Å². The van der Waals surface area contributed by atoms with Gasteiger partial charge in [0.1, 0.15) is 0 Å². The third-order valence-corrected chi connectivity index (χ3v) is 1.99. The molecule has 0 bridgehead atoms. The van der Waals surface area contributed by atoms with Gasteiger partial charge in [0, 0.05) is 6.21 Å². The second kappa shape index (κ2) is 6.14. The van der Waals surface area contributed by atoms with Crippen LogP contribution in [0.2, 0.25) is 0 Å². The van der Waals surface area contributed by atoms with E-state index in [0.29, 0.717) is 0 Å². The number of hydrogen-bond donors (Lipinski definition) is 0. The minimum Gasteiger partial charge on any atom is -0.261 e. The highest BCUT2D eigenvalue weighted by atomic mass is 14.7. The van der Waals surface area contributed by atoms with Gasteiger partial charge in [-0.25, -0.2) is 0 Å². The third-order valence-electron chi connectivity index (χ3n) is 1.99. The van der Waals surface area contributed by atoms with Gasteiger partial charge in [0.25, 0.3) is 0 Å². The van der Waals surface area contributed by atoms with Crippen molar-refractivity contribution in [2.75, 3.05) is 0 Å². The average Bonchev–Trinajstić information content (AvgIpc) is 2.15. The predicted molar refractivity (Wildman–Crippen MR) is 65.6 cm³/mol. The normalized spacial score (nSPS) is 11.6. The summed E-state index contributed by atoms with van der Waals surface area (Å²) < 4.78 is 0. The monoisotopic (exact) mass is 189 g/mol. The zero-order valence-electron chi connectivity index (χ0n) is 9.59. The summed E-state index contributed by atoms with van der Waals surface area (Å²) in [6.45, 7) is 15.7. The summed E-state index contributed by atoms with van der Waals surface area (Å²) >= 11 is 0. The number of rotatable bonds is 4. The van der Waals surface area contributed by atoms with Gasteiger partial charge in [-0.05, 0) is 39.3 Å². The quantitative estimate of drug-likeness (QED) is 0.467. The largest absolute Gasteiger partial charge is 0.261 e. The van der Waals surface area contributed by atoms with Gasteiger partial charge in [-0.1, -0.05) is 30.4 Å². The smallest absolute Gasteiger partial charge is 0.0694 e. The summed E-state index contributed by atoms with van der Waals surface area (Å²) in [4.78, 5) is 4.25. The van der Waals surface area contributed by atoms with E-state index in [1.54, 1.807) is 12.3 Å². The highest BCUT2D eigenvalue weighted by Crippen LogP contribution is 2.15. The van der Waals surface area contributed by atoms with Gasteiger partial charge in [-0.3, -0.25) is 4.99 Å². The zero-order valence-corrected chi connectivity index (χ0v) is 9.59. The zero-order chi connectivity index (χ0) is 11.1. The molecular weight excluding hydrogens is 170 g/mol. The lowest BCUT2D eigenvalue weighted by Crippen LogP contribution is -1.84. The summed E-state index contributed by atoms with van der Waals surface area (Å²) in [5.41, 5.74) is 4.23. The molecule has 0 heterocycles. The molecule has 0 atom stereocenters. The van der Waals surface area contributed by atoms with Crippen LogP contribution in [0.4, 0.5) is 0 Å². The first-order valence-corrected chi connectivity index (χ1v) is 4.69. The molecule has 0 N–H and O–H groups in total. The van der Waals surface area contributed by atoms with E-state index < -0.39 is 0 Å². The topological polar surface area (TPSA) is 12.4 Å². The molecule has 76 valence electrons. The molecule has 0 saturated carbocycles. The summed E-state index contributed by atoms with van der Waals surface area (Å²) in [5.74, 6) is 0. The van der Waals surface area contributed by atoms with Crippen molar-refractivity contribution in [1.29, 1.82) is 0 Å². The van der Waals surface area contributed by atoms with Crippen LogP contribution in [0.15, 0.2) is 52.7 Å². The lowest BCUT2D eigenvalue weighted by molar-refractivity contribution is 1.26. The Morgan fingerprint density at radius 1 is 1.21 bits per heavy atom. The van der Waals surface area contributed by atoms with Gasteiger partial charge >= 0.3 is 0 Å². The van der Waals surface area contributed by atoms with Crippen molar-refractivity contribution < 1.29 is 0 Å². The molecule has 1 heteroatoms. The first-order valence-electron chi connectivity index (χ1n) is 4.69. The Balaban J connectivity index is 5.11. The van der Waals surface area contributed by atoms with Crippen LogP contribution in [0, 0.1) is 0 Å². The van der Waals surface area contributed by atoms with Crippen molar-refractivity contribution >= 4 is 6.21 Å². The fourth-order valence-corrected chi connectivity index (χ4v) is 0.806. The molecular formula is C13H19N. The maximum Gasteiger partial charge on any atom is 0.0694 e. The van der Waals surface area contributed by atoms with Crippen LogP contribution in [0.5, 0.6) is 0 Å². The third kappa shape index (κ3) is 4.04. The van der Waals surface area contributed by atoms with E-state index in [-0.39, 0.29) is 0 Å². The molecule has 14 heavy (non-hydrogen) atoms. The highest BCUT2D eigenvalue weighted by Gasteiger charge is 1.97. The minimum absolute atomic E-state index is 0.851. The molecule has 0 aliphatic rings. The Morgan fingerprint density at radius 2 is 1.79 bits per heavy atom. The number of hydrogen-bond acceptors (Lipinski definition) is 1. The lowest BCUT2D eigenvalue weighted by atomic mass is 10.1. The Morgan fingerprint density at radius 3 is 2.14 bits per heavy atom. The molecule has 0 radical (unpaired) electrons. The Kier molecular flexibility index (Phi) is 5.54. The Labute approximate surface area is 87.3 Å². The summed E-state index contributed by atoms with van der Waals surface area (Å²) in [5, 5.41) is 0. The fraction of sp³-hybridized carbons (Fsp3) is 0.308. The average molecular weight is 189 g/mol. The van der Waals surface area contributed by atoms with Gasteiger partial charge in [0.15, 0.2) is 0 Å². The molecule has 0 aromatic rings. The minimum atomic E-state index is 0.851. The van der Waals surface area contributed by atoms with Crippen molar-refractivity contribution in [3.05, 3.63) is 47.7 Å². The fourth-order valence-electron chi connectivity index (χ4n) is 0.806. The molecule has 0 unspecified atom stereocenters. The Hall–Kier alpha value is -1.37. The SMILES string of the molecule is C=CC(=C)C(=C\C(C)=C(C)C)/N=C\C. The van der Waals surface area contributed by atoms with Gasteiger partial charge in [-0.2, -0.15) is 0 Å². The molecule has 0 aromatic heterocycles. The van der Waals surface area contributed by atoms with Crippen LogP contribution in [-0.2, 0) is 0 Å². The van der Waals surface area contributed by atoms with Gasteiger partial charge < -0.3 is 0 Å². The van der Waals surface area contributed by atoms with Crippen molar-refractivity contribution in [2.45, 2.75) is 27.7 Å². The Bertz CT molecular complexity index is 310. The van der Waals surface area contributed by atoms with Gasteiger partial charge in [0.2, 0.25) is 0 Å². The van der Waals surface area contributed by atoms with Crippen LogP contribution in [0.3, 0.4) is 0 Å². The van der Waals surface area contributed by atoms with Gasteiger partial charge in [0.05, 0.1) is 5.70 Å². The standard InChI is InChI=1S/C13H19N/c1-7-11(5)13(14-8-2)9-12(6)10(3)4/h7-9H,1,5H2,2-4,6H3/b13-9+,14-8-. The van der Waals surface area contributed by atoms with Gasteiger partial charge in [-0.15, -0.1) is 0 Å². The number of allylic oxidation sites excluding steroid dienone is 4. The summed E-state index contributed by atoms with van der Waals surface area (Å²) in [7, 11) is 0. The van der Waals surface area contributed by atoms with E-state index in [0.717, 1.165) is 11.3 Å². The van der Waals surface area contributed by atoms with E-state index in [2.05, 4.69) is 38.9 Å². The molecule has 0 spiro atoms.